The van der Waals surface area contributed by atoms with Crippen LogP contribution in [-0.2, 0) is 16.2 Å². The molecule has 13 aromatic carbocycles. The predicted octanol–water partition coefficient (Wildman–Crippen LogP) is 22.3. The Balaban J connectivity index is 0.000000152. The van der Waals surface area contributed by atoms with Gasteiger partial charge in [0, 0.05) is 38.2 Å². The van der Waals surface area contributed by atoms with Crippen molar-refractivity contribution in [2.75, 3.05) is 4.90 Å². The third-order valence-electron chi connectivity index (χ3n) is 19.2. The Hall–Kier alpha value is -10.5. The summed E-state index contributed by atoms with van der Waals surface area (Å²) in [6, 6.07) is 109. The lowest BCUT2D eigenvalue weighted by Crippen LogP contribution is -2.28. The van der Waals surface area contributed by atoms with Gasteiger partial charge in [0.2, 0.25) is 0 Å². The highest BCUT2D eigenvalue weighted by Gasteiger charge is 2.49. The van der Waals surface area contributed by atoms with Gasteiger partial charge in [-0.1, -0.05) is 286 Å². The molecule has 2 aromatic heterocycles. The number of hydrogen-bond donors (Lipinski definition) is 0. The number of rotatable bonds is 7. The average molecular weight is 1130 g/mol. The highest BCUT2D eigenvalue weighted by Crippen LogP contribution is 2.61. The second kappa shape index (κ2) is 19.6. The van der Waals surface area contributed by atoms with E-state index in [1.807, 2.05) is 18.2 Å². The van der Waals surface area contributed by atoms with Crippen LogP contribution >= 0.6 is 11.6 Å². The molecule has 3 nitrogen and oxygen atoms in total. The Labute approximate surface area is 510 Å². The molecule has 0 amide bonds. The molecule has 87 heavy (non-hydrogen) atoms. The Morgan fingerprint density at radius 3 is 1.18 bits per heavy atom. The third-order valence-corrected chi connectivity index (χ3v) is 19.5. The minimum Gasteiger partial charge on any atom is -0.454 e. The summed E-state index contributed by atoms with van der Waals surface area (Å²) in [7, 11) is 0. The molecule has 0 saturated carbocycles. The molecule has 0 radical (unpaired) electrons. The van der Waals surface area contributed by atoms with Gasteiger partial charge in [-0.05, 0) is 126 Å². The van der Waals surface area contributed by atoms with Crippen LogP contribution in [0.3, 0.4) is 0 Å². The first-order chi connectivity index (χ1) is 42.9. The van der Waals surface area contributed by atoms with Gasteiger partial charge in [-0.3, -0.25) is 0 Å². The van der Waals surface area contributed by atoms with Gasteiger partial charge < -0.3 is 13.7 Å². The van der Waals surface area contributed by atoms with E-state index in [1.165, 1.54) is 89.0 Å². The third kappa shape index (κ3) is 7.18. The number of anilines is 3. The molecule has 18 rings (SSSR count). The molecular formula is C83H56ClNO2. The second-order valence-corrected chi connectivity index (χ2v) is 24.2. The topological polar surface area (TPSA) is 29.5 Å². The molecule has 0 unspecified atom stereocenters. The number of furan rings is 2. The maximum Gasteiger partial charge on any atom is 0.159 e. The van der Waals surface area contributed by atoms with Gasteiger partial charge in [0.25, 0.3) is 0 Å². The molecule has 0 N–H and O–H groups in total. The van der Waals surface area contributed by atoms with Crippen LogP contribution in [-0.4, -0.2) is 0 Å². The lowest BCUT2D eigenvalue weighted by molar-refractivity contribution is 0.660. The number of fused-ring (bicyclic) bond motifs is 15. The minimum atomic E-state index is -0.546. The zero-order valence-electron chi connectivity index (χ0n) is 48.0. The van der Waals surface area contributed by atoms with Crippen LogP contribution in [0.1, 0.15) is 69.5 Å². The van der Waals surface area contributed by atoms with Crippen molar-refractivity contribution in [2.24, 2.45) is 0 Å². The van der Waals surface area contributed by atoms with E-state index in [4.69, 9.17) is 20.4 Å². The number of nitrogens with zero attached hydrogens (tertiary/aromatic N) is 1. The summed E-state index contributed by atoms with van der Waals surface area (Å²) in [4.78, 5) is 2.41. The molecule has 3 aliphatic rings. The lowest BCUT2D eigenvalue weighted by Gasteiger charge is -2.34. The molecule has 2 heterocycles. The van der Waals surface area contributed by atoms with Crippen molar-refractivity contribution in [3.63, 3.8) is 0 Å². The normalized spacial score (nSPS) is 14.2. The summed E-state index contributed by atoms with van der Waals surface area (Å²) in [6.45, 7) is 4.69. The Morgan fingerprint density at radius 2 is 0.667 bits per heavy atom. The molecule has 0 spiro atoms. The van der Waals surface area contributed by atoms with E-state index in [0.717, 1.165) is 60.9 Å². The first-order valence-corrected chi connectivity index (χ1v) is 30.4. The Morgan fingerprint density at radius 1 is 0.299 bits per heavy atom. The number of benzene rings is 13. The summed E-state index contributed by atoms with van der Waals surface area (Å²) in [5.41, 5.74) is 25.9. The van der Waals surface area contributed by atoms with E-state index in [0.29, 0.717) is 5.02 Å². The number of halogens is 1. The van der Waals surface area contributed by atoms with Crippen LogP contribution in [0.5, 0.6) is 0 Å². The quantitative estimate of drug-likeness (QED) is 0.159. The fourth-order valence-electron chi connectivity index (χ4n) is 15.7. The SMILES string of the molecule is CC1(C)c2ccccc2-c2c(N(c3ccccc3)c3cccc4c3oc3cccc(C5(c6ccccc6)c6ccccc6-c6ccccc65)c34)cccc21.Clc1cccc2c1oc1cccc(C3(c4ccccc4)c4ccccc4-c4ccccc43)c12. The average Bonchev–Trinajstić information content (AvgIpc) is 1.60. The van der Waals surface area contributed by atoms with Gasteiger partial charge >= 0.3 is 0 Å². The maximum atomic E-state index is 7.15. The molecule has 15 aromatic rings. The highest BCUT2D eigenvalue weighted by molar-refractivity contribution is 6.36. The van der Waals surface area contributed by atoms with Crippen molar-refractivity contribution < 1.29 is 8.83 Å². The van der Waals surface area contributed by atoms with Crippen molar-refractivity contribution in [3.8, 4) is 33.4 Å². The molecule has 0 aliphatic heterocycles. The highest BCUT2D eigenvalue weighted by atomic mass is 35.5. The minimum absolute atomic E-state index is 0.121. The van der Waals surface area contributed by atoms with Crippen molar-refractivity contribution in [2.45, 2.75) is 30.1 Å². The fourth-order valence-corrected chi connectivity index (χ4v) is 15.9. The van der Waals surface area contributed by atoms with Crippen molar-refractivity contribution in [1.29, 1.82) is 0 Å². The van der Waals surface area contributed by atoms with E-state index >= 15 is 0 Å². The first kappa shape index (κ1) is 51.0. The van der Waals surface area contributed by atoms with Gasteiger partial charge in [-0.25, -0.2) is 0 Å². The van der Waals surface area contributed by atoms with E-state index in [2.05, 4.69) is 304 Å². The second-order valence-electron chi connectivity index (χ2n) is 23.8. The molecular weight excluding hydrogens is 1080 g/mol. The van der Waals surface area contributed by atoms with Crippen LogP contribution in [0.25, 0.3) is 77.3 Å². The standard InChI is InChI=1S/C52H37NO.C31H19ClO/c1-51(2)40-26-12-11-24-38(40)48-43(51)29-16-31-45(48)53(35-20-7-4-8-21-35)46-32-15-25-39-49-44(30-17-33-47(49)54-50(39)46)52(34-18-5-3-6-19-34)41-27-13-9-22-36(41)37-23-10-14-28-42(37)52;32-27-18-8-14-23-29-26(17-9-19-28(29)33-30(23)27)31(20-10-2-1-3-11-20)24-15-6-4-12-21(24)22-13-5-7-16-25(22)31/h3-33H,1-2H3;1-19H. The van der Waals surface area contributed by atoms with E-state index < -0.39 is 10.8 Å². The monoisotopic (exact) mass is 1130 g/mol. The molecule has 3 aliphatic carbocycles. The summed E-state index contributed by atoms with van der Waals surface area (Å²) in [5, 5.41) is 5.04. The Bertz CT molecular complexity index is 5140. The van der Waals surface area contributed by atoms with Crippen LogP contribution in [0, 0.1) is 0 Å². The summed E-state index contributed by atoms with van der Waals surface area (Å²) >= 11 is 6.56. The van der Waals surface area contributed by atoms with Gasteiger partial charge in [0.05, 0.1) is 27.2 Å². The van der Waals surface area contributed by atoms with Gasteiger partial charge in [0.15, 0.2) is 11.2 Å². The van der Waals surface area contributed by atoms with Crippen molar-refractivity contribution in [3.05, 3.63) is 364 Å². The molecule has 0 fully saturated rings. The largest absolute Gasteiger partial charge is 0.454 e. The summed E-state index contributed by atoms with van der Waals surface area (Å²) in [5.74, 6) is 0. The van der Waals surface area contributed by atoms with E-state index in [9.17, 15) is 0 Å². The van der Waals surface area contributed by atoms with Crippen molar-refractivity contribution in [1.82, 2.24) is 0 Å². The zero-order valence-corrected chi connectivity index (χ0v) is 48.8. The lowest BCUT2D eigenvalue weighted by atomic mass is 9.66. The zero-order chi connectivity index (χ0) is 58.0. The number of hydrogen-bond acceptors (Lipinski definition) is 3. The predicted molar refractivity (Wildman–Crippen MR) is 359 cm³/mol. The smallest absolute Gasteiger partial charge is 0.159 e. The van der Waals surface area contributed by atoms with E-state index in [-0.39, 0.29) is 5.41 Å². The maximum absolute atomic E-state index is 7.15. The first-order valence-electron chi connectivity index (χ1n) is 30.0. The number of para-hydroxylation sites is 3. The molecule has 0 bridgehead atoms. The van der Waals surface area contributed by atoms with E-state index in [1.54, 1.807) is 0 Å². The van der Waals surface area contributed by atoms with Crippen LogP contribution in [0.15, 0.2) is 312 Å². The van der Waals surface area contributed by atoms with Crippen LogP contribution in [0.4, 0.5) is 17.1 Å². The Kier molecular flexibility index (Phi) is 11.5. The van der Waals surface area contributed by atoms with Crippen LogP contribution in [0.2, 0.25) is 5.02 Å². The summed E-state index contributed by atoms with van der Waals surface area (Å²) < 4.78 is 13.5. The fraction of sp³-hybridized carbons (Fsp3) is 0.0602. The van der Waals surface area contributed by atoms with Gasteiger partial charge in [0.1, 0.15) is 11.2 Å². The molecule has 0 saturated heterocycles. The van der Waals surface area contributed by atoms with Gasteiger partial charge in [-0.2, -0.15) is 0 Å². The molecule has 412 valence electrons. The molecule has 4 heteroatoms. The van der Waals surface area contributed by atoms with Crippen molar-refractivity contribution >= 4 is 72.5 Å². The van der Waals surface area contributed by atoms with Crippen LogP contribution < -0.4 is 4.90 Å². The van der Waals surface area contributed by atoms with Gasteiger partial charge in [-0.15, -0.1) is 0 Å². The molecule has 0 atom stereocenters. The summed E-state index contributed by atoms with van der Waals surface area (Å²) in [6.07, 6.45) is 0.